The summed E-state index contributed by atoms with van der Waals surface area (Å²) in [6.07, 6.45) is 6.35. The lowest BCUT2D eigenvalue weighted by molar-refractivity contribution is -0.144. The topological polar surface area (TPSA) is 102 Å². The number of benzene rings is 2. The Labute approximate surface area is 209 Å². The quantitative estimate of drug-likeness (QED) is 0.352. The molecule has 4 aromatic rings. The van der Waals surface area contributed by atoms with Crippen molar-refractivity contribution in [2.24, 2.45) is 0 Å². The molecule has 0 spiro atoms. The Hall–Kier alpha value is -4.01. The highest BCUT2D eigenvalue weighted by Crippen LogP contribution is 2.31. The number of aliphatic carboxylic acids is 1. The van der Waals surface area contributed by atoms with Crippen molar-refractivity contribution >= 4 is 28.5 Å². The van der Waals surface area contributed by atoms with Crippen LogP contribution in [0.2, 0.25) is 0 Å². The number of amides is 1. The highest BCUT2D eigenvalue weighted by molar-refractivity contribution is 6.05. The minimum Gasteiger partial charge on any atom is -0.480 e. The minimum atomic E-state index is -0.875. The van der Waals surface area contributed by atoms with Crippen LogP contribution in [-0.2, 0) is 11.2 Å². The molecule has 1 fully saturated rings. The summed E-state index contributed by atoms with van der Waals surface area (Å²) in [6.45, 7) is 3.91. The average molecular weight is 484 g/mol. The molecule has 36 heavy (non-hydrogen) atoms. The predicted octanol–water partition coefficient (Wildman–Crippen LogP) is 3.80. The number of fused-ring (bicyclic) bond motifs is 1. The van der Waals surface area contributed by atoms with Crippen LogP contribution in [0.25, 0.3) is 10.9 Å². The summed E-state index contributed by atoms with van der Waals surface area (Å²) in [5, 5.41) is 13.9. The van der Waals surface area contributed by atoms with Gasteiger partial charge in [0, 0.05) is 79.0 Å². The third-order valence-corrected chi connectivity index (χ3v) is 6.77. The molecule has 0 aliphatic carbocycles. The molecule has 1 aliphatic heterocycles. The van der Waals surface area contributed by atoms with E-state index >= 15 is 0 Å². The molecule has 3 N–H and O–H groups in total. The van der Waals surface area contributed by atoms with E-state index in [0.29, 0.717) is 29.9 Å². The number of aromatic amines is 1. The van der Waals surface area contributed by atoms with E-state index in [2.05, 4.69) is 20.2 Å². The summed E-state index contributed by atoms with van der Waals surface area (Å²) in [5.41, 5.74) is 3.99. The van der Waals surface area contributed by atoms with Gasteiger partial charge in [0.1, 0.15) is 6.04 Å². The molecule has 5 rings (SSSR count). The van der Waals surface area contributed by atoms with Crippen molar-refractivity contribution in [2.45, 2.75) is 12.5 Å². The average Bonchev–Trinajstić information content (AvgIpc) is 3.32. The van der Waals surface area contributed by atoms with Gasteiger partial charge >= 0.3 is 5.97 Å². The summed E-state index contributed by atoms with van der Waals surface area (Å²) < 4.78 is 0. The van der Waals surface area contributed by atoms with Crippen LogP contribution in [0.4, 0.5) is 5.69 Å². The fourth-order valence-corrected chi connectivity index (χ4v) is 4.81. The third-order valence-electron chi connectivity index (χ3n) is 6.77. The number of nitrogens with zero attached hydrogens (tertiary/aromatic N) is 3. The number of carboxylic acid groups (broad SMARTS) is 1. The summed E-state index contributed by atoms with van der Waals surface area (Å²) in [6, 6.07) is 17.9. The second-order valence-electron chi connectivity index (χ2n) is 9.05. The molecule has 0 bridgehead atoms. The highest BCUT2D eigenvalue weighted by Gasteiger charge is 2.32. The number of pyridine rings is 1. The molecule has 1 aliphatic rings. The van der Waals surface area contributed by atoms with Crippen LogP contribution in [0.15, 0.2) is 79.3 Å². The Morgan fingerprint density at radius 1 is 1.00 bits per heavy atom. The number of piperazine rings is 1. The maximum Gasteiger partial charge on any atom is 0.325 e. The molecule has 0 unspecified atom stereocenters. The Morgan fingerprint density at radius 3 is 2.47 bits per heavy atom. The van der Waals surface area contributed by atoms with Gasteiger partial charge in [-0.3, -0.25) is 19.5 Å². The minimum absolute atomic E-state index is 0.204. The van der Waals surface area contributed by atoms with Crippen molar-refractivity contribution < 1.29 is 14.7 Å². The van der Waals surface area contributed by atoms with Crippen LogP contribution < -0.4 is 5.32 Å². The number of nitrogens with one attached hydrogen (secondary N) is 2. The van der Waals surface area contributed by atoms with Crippen LogP contribution >= 0.6 is 0 Å². The number of rotatable bonds is 8. The van der Waals surface area contributed by atoms with Gasteiger partial charge in [-0.25, -0.2) is 0 Å². The zero-order valence-electron chi connectivity index (χ0n) is 19.9. The van der Waals surface area contributed by atoms with Crippen LogP contribution in [0.3, 0.4) is 0 Å². The SMILES string of the molecule is O=C(Nc1ccc2[nH]cc([C@H](C(=O)O)N3CCN(CCc4ccncc4)CC3)c2c1)c1ccccc1. The molecular formula is C28H29N5O3. The zero-order chi connectivity index (χ0) is 24.9. The lowest BCUT2D eigenvalue weighted by Crippen LogP contribution is -2.49. The number of carbonyl (C=O) groups is 2. The lowest BCUT2D eigenvalue weighted by atomic mass is 10.0. The molecule has 8 heteroatoms. The van der Waals surface area contributed by atoms with E-state index in [1.807, 2.05) is 65.8 Å². The first-order chi connectivity index (χ1) is 17.6. The van der Waals surface area contributed by atoms with Gasteiger partial charge in [0.25, 0.3) is 5.91 Å². The fraction of sp³-hybridized carbons (Fsp3) is 0.250. The second kappa shape index (κ2) is 10.7. The Bertz CT molecular complexity index is 1330. The van der Waals surface area contributed by atoms with Crippen molar-refractivity contribution in [1.29, 1.82) is 0 Å². The first-order valence-electron chi connectivity index (χ1n) is 12.1. The second-order valence-corrected chi connectivity index (χ2v) is 9.05. The lowest BCUT2D eigenvalue weighted by Gasteiger charge is -2.37. The van der Waals surface area contributed by atoms with Gasteiger partial charge in [-0.15, -0.1) is 0 Å². The number of H-pyrrole nitrogens is 1. The standard InChI is InChI=1S/C28H29N5O3/c34-27(21-4-2-1-3-5-21)31-22-6-7-25-23(18-22)24(19-30-25)26(28(35)36)33-16-14-32(15-17-33)13-10-20-8-11-29-12-9-20/h1-9,11-12,18-19,26,30H,10,13-17H2,(H,31,34)(H,35,36)/t26-/m1/s1. The first kappa shape index (κ1) is 23.7. The van der Waals surface area contributed by atoms with Crippen molar-refractivity contribution in [3.05, 3.63) is 95.9 Å². The van der Waals surface area contributed by atoms with E-state index in [9.17, 15) is 14.7 Å². The van der Waals surface area contributed by atoms with E-state index in [4.69, 9.17) is 0 Å². The van der Waals surface area contributed by atoms with E-state index in [1.54, 1.807) is 18.3 Å². The number of carboxylic acids is 1. The van der Waals surface area contributed by atoms with Gasteiger partial charge in [-0.05, 0) is 54.4 Å². The van der Waals surface area contributed by atoms with Gasteiger partial charge in [0.05, 0.1) is 0 Å². The molecule has 8 nitrogen and oxygen atoms in total. The van der Waals surface area contributed by atoms with Gasteiger partial charge in [0.2, 0.25) is 0 Å². The zero-order valence-corrected chi connectivity index (χ0v) is 19.9. The Kier molecular flexibility index (Phi) is 7.06. The van der Waals surface area contributed by atoms with Gasteiger partial charge in [-0.1, -0.05) is 18.2 Å². The predicted molar refractivity (Wildman–Crippen MR) is 139 cm³/mol. The van der Waals surface area contributed by atoms with Gasteiger partial charge in [0.15, 0.2) is 0 Å². The molecule has 2 aromatic heterocycles. The number of aromatic nitrogens is 2. The van der Waals surface area contributed by atoms with E-state index in [1.165, 1.54) is 5.56 Å². The molecule has 184 valence electrons. The number of hydrogen-bond donors (Lipinski definition) is 3. The van der Waals surface area contributed by atoms with Crippen molar-refractivity contribution in [3.8, 4) is 0 Å². The number of anilines is 1. The van der Waals surface area contributed by atoms with Gasteiger partial charge in [-0.2, -0.15) is 0 Å². The molecule has 1 saturated heterocycles. The third kappa shape index (κ3) is 5.30. The molecule has 1 atom stereocenters. The monoisotopic (exact) mass is 483 g/mol. The number of hydrogen-bond acceptors (Lipinski definition) is 5. The number of carbonyl (C=O) groups excluding carboxylic acids is 1. The first-order valence-corrected chi connectivity index (χ1v) is 12.1. The Balaban J connectivity index is 1.29. The maximum absolute atomic E-state index is 12.6. The van der Waals surface area contributed by atoms with Crippen molar-refractivity contribution in [2.75, 3.05) is 38.0 Å². The van der Waals surface area contributed by atoms with Gasteiger partial charge < -0.3 is 20.3 Å². The fourth-order valence-electron chi connectivity index (χ4n) is 4.81. The Morgan fingerprint density at radius 2 is 1.75 bits per heavy atom. The molecule has 0 radical (unpaired) electrons. The van der Waals surface area contributed by atoms with Crippen LogP contribution in [0.5, 0.6) is 0 Å². The summed E-state index contributed by atoms with van der Waals surface area (Å²) in [5.74, 6) is -1.08. The van der Waals surface area contributed by atoms with Crippen LogP contribution in [0.1, 0.15) is 27.5 Å². The summed E-state index contributed by atoms with van der Waals surface area (Å²) in [7, 11) is 0. The van der Waals surface area contributed by atoms with E-state index < -0.39 is 12.0 Å². The van der Waals surface area contributed by atoms with E-state index in [0.717, 1.165) is 37.0 Å². The highest BCUT2D eigenvalue weighted by atomic mass is 16.4. The smallest absolute Gasteiger partial charge is 0.325 e. The molecule has 3 heterocycles. The summed E-state index contributed by atoms with van der Waals surface area (Å²) >= 11 is 0. The summed E-state index contributed by atoms with van der Waals surface area (Å²) in [4.78, 5) is 36.7. The molecular weight excluding hydrogens is 454 g/mol. The largest absolute Gasteiger partial charge is 0.480 e. The van der Waals surface area contributed by atoms with Crippen LogP contribution in [-0.4, -0.2) is 69.5 Å². The molecule has 2 aromatic carbocycles. The maximum atomic E-state index is 12.6. The molecule has 0 saturated carbocycles. The van der Waals surface area contributed by atoms with E-state index in [-0.39, 0.29) is 5.91 Å². The normalized spacial score (nSPS) is 15.6. The van der Waals surface area contributed by atoms with Crippen molar-refractivity contribution in [1.82, 2.24) is 19.8 Å². The van der Waals surface area contributed by atoms with Crippen molar-refractivity contribution in [3.63, 3.8) is 0 Å². The van der Waals surface area contributed by atoms with Crippen LogP contribution in [0, 0.1) is 0 Å². The molecule has 1 amide bonds.